The second kappa shape index (κ2) is 9.77. The highest BCUT2D eigenvalue weighted by Crippen LogP contribution is 2.36. The molecule has 2 heterocycles. The molecule has 0 radical (unpaired) electrons. The van der Waals surface area contributed by atoms with Crippen molar-refractivity contribution in [2.45, 2.75) is 68.9 Å². The monoisotopic (exact) mass is 461 g/mol. The van der Waals surface area contributed by atoms with Gasteiger partial charge >= 0.3 is 5.97 Å². The number of aliphatic carboxylic acids is 1. The van der Waals surface area contributed by atoms with Crippen molar-refractivity contribution in [1.29, 1.82) is 0 Å². The van der Waals surface area contributed by atoms with Crippen molar-refractivity contribution in [3.8, 4) is 0 Å². The lowest BCUT2D eigenvalue weighted by Crippen LogP contribution is -2.48. The molecule has 1 unspecified atom stereocenters. The fourth-order valence-corrected chi connectivity index (χ4v) is 5.36. The quantitative estimate of drug-likeness (QED) is 0.480. The Bertz CT molecular complexity index is 907. The van der Waals surface area contributed by atoms with E-state index >= 15 is 0 Å². The molecule has 4 rings (SSSR count). The maximum Gasteiger partial charge on any atom is 0.306 e. The first-order valence-corrected chi connectivity index (χ1v) is 11.8. The Morgan fingerprint density at radius 1 is 1.15 bits per heavy atom. The van der Waals surface area contributed by atoms with Crippen molar-refractivity contribution in [2.24, 2.45) is 5.92 Å². The van der Waals surface area contributed by atoms with Gasteiger partial charge in [0.15, 0.2) is 0 Å². The Morgan fingerprint density at radius 2 is 1.85 bits per heavy atom. The van der Waals surface area contributed by atoms with Crippen LogP contribution in [0.15, 0.2) is 18.2 Å². The van der Waals surface area contributed by atoms with Crippen LogP contribution in [0.4, 0.5) is 10.1 Å². The van der Waals surface area contributed by atoms with Crippen molar-refractivity contribution in [3.05, 3.63) is 29.6 Å². The van der Waals surface area contributed by atoms with Gasteiger partial charge in [0.1, 0.15) is 11.9 Å². The summed E-state index contributed by atoms with van der Waals surface area (Å²) in [6, 6.07) is 4.41. The summed E-state index contributed by atoms with van der Waals surface area (Å²) >= 11 is 0. The lowest BCUT2D eigenvalue weighted by Gasteiger charge is -2.41. The van der Waals surface area contributed by atoms with E-state index in [2.05, 4.69) is 15.5 Å². The van der Waals surface area contributed by atoms with Gasteiger partial charge in [0, 0.05) is 18.7 Å². The number of carbonyl (C=O) groups is 3. The number of benzene rings is 1. The summed E-state index contributed by atoms with van der Waals surface area (Å²) in [6.45, 7) is 2.04. The van der Waals surface area contributed by atoms with Crippen molar-refractivity contribution >= 4 is 23.5 Å². The molecule has 3 aliphatic rings. The van der Waals surface area contributed by atoms with Crippen LogP contribution in [-0.2, 0) is 14.4 Å². The van der Waals surface area contributed by atoms with Crippen LogP contribution in [0.5, 0.6) is 0 Å². The average molecular weight is 462 g/mol. The average Bonchev–Trinajstić information content (AvgIpc) is 2.77. The van der Waals surface area contributed by atoms with Gasteiger partial charge in [-0.3, -0.25) is 19.7 Å². The molecule has 33 heavy (non-hydrogen) atoms. The third-order valence-corrected chi connectivity index (χ3v) is 7.39. The van der Waals surface area contributed by atoms with E-state index in [1.54, 1.807) is 12.1 Å². The highest BCUT2D eigenvalue weighted by molar-refractivity contribution is 6.01. The van der Waals surface area contributed by atoms with Crippen LogP contribution < -0.4 is 10.6 Å². The molecule has 3 fully saturated rings. The fraction of sp³-hybridized carbons (Fsp3) is 0.625. The number of likely N-dealkylation sites (tertiary alicyclic amines) is 1. The zero-order chi connectivity index (χ0) is 23.6. The van der Waals surface area contributed by atoms with Gasteiger partial charge in [-0.15, -0.1) is 0 Å². The van der Waals surface area contributed by atoms with Gasteiger partial charge in [0.05, 0.1) is 11.5 Å². The number of amides is 2. The second-order valence-electron chi connectivity index (χ2n) is 9.77. The molecule has 4 N–H and O–H groups in total. The first-order chi connectivity index (χ1) is 15.7. The molecule has 0 bridgehead atoms. The molecule has 8 nitrogen and oxygen atoms in total. The SMILES string of the molecule is O=C1CCC(Nc2ccc(C3CCN(CC4(O)CCC(C(=O)O)CC4)CC3)c(F)c2)C(=O)N1. The van der Waals surface area contributed by atoms with Crippen LogP contribution in [0.25, 0.3) is 0 Å². The molecule has 2 saturated heterocycles. The van der Waals surface area contributed by atoms with Crippen LogP contribution in [-0.4, -0.2) is 64.2 Å². The number of carboxylic acid groups (broad SMARTS) is 1. The van der Waals surface area contributed by atoms with Gasteiger partial charge < -0.3 is 20.4 Å². The molecule has 1 atom stereocenters. The molecular weight excluding hydrogens is 429 g/mol. The number of nitrogens with one attached hydrogen (secondary N) is 2. The molecular formula is C24H32FN3O5. The van der Waals surface area contributed by atoms with Crippen LogP contribution in [0.2, 0.25) is 0 Å². The number of nitrogens with zero attached hydrogens (tertiary/aromatic N) is 1. The molecule has 9 heteroatoms. The Balaban J connectivity index is 1.28. The van der Waals surface area contributed by atoms with E-state index in [9.17, 15) is 23.9 Å². The number of imide groups is 1. The first-order valence-electron chi connectivity index (χ1n) is 11.8. The van der Waals surface area contributed by atoms with Crippen molar-refractivity contribution < 1.29 is 29.0 Å². The zero-order valence-electron chi connectivity index (χ0n) is 18.7. The second-order valence-corrected chi connectivity index (χ2v) is 9.77. The third-order valence-electron chi connectivity index (χ3n) is 7.39. The Hall–Kier alpha value is -2.52. The standard InChI is InChI=1S/C24H32FN3O5/c25-19-13-17(26-20-3-4-21(29)27-22(20)30)1-2-18(19)15-7-11-28(12-8-15)14-24(33)9-5-16(6-10-24)23(31)32/h1-2,13,15-16,20,26,33H,3-12,14H2,(H,31,32)(H,27,29,30). The molecule has 2 amide bonds. The number of rotatable bonds is 6. The number of anilines is 1. The minimum absolute atomic E-state index is 0.0864. The predicted octanol–water partition coefficient (Wildman–Crippen LogP) is 2.23. The summed E-state index contributed by atoms with van der Waals surface area (Å²) in [6.07, 6.45) is 4.22. The Kier molecular flexibility index (Phi) is 6.99. The van der Waals surface area contributed by atoms with Crippen LogP contribution >= 0.6 is 0 Å². The maximum atomic E-state index is 14.9. The normalized spacial score (nSPS) is 29.5. The first kappa shape index (κ1) is 23.6. The lowest BCUT2D eigenvalue weighted by molar-refractivity contribution is -0.145. The summed E-state index contributed by atoms with van der Waals surface area (Å²) in [4.78, 5) is 36.5. The summed E-state index contributed by atoms with van der Waals surface area (Å²) in [5.41, 5.74) is 0.333. The number of carbonyl (C=O) groups excluding carboxylic acids is 2. The molecule has 180 valence electrons. The third kappa shape index (κ3) is 5.70. The zero-order valence-corrected chi connectivity index (χ0v) is 18.7. The number of β-amino-alcohol motifs (C(OH)–C–C–N with tert-alkyl or cyclic N) is 1. The summed E-state index contributed by atoms with van der Waals surface area (Å²) < 4.78 is 14.9. The van der Waals surface area contributed by atoms with E-state index in [1.165, 1.54) is 6.07 Å². The molecule has 1 aromatic rings. The summed E-state index contributed by atoms with van der Waals surface area (Å²) in [7, 11) is 0. The molecule has 0 spiro atoms. The van der Waals surface area contributed by atoms with E-state index in [0.29, 0.717) is 49.9 Å². The Labute approximate surface area is 192 Å². The molecule has 2 aliphatic heterocycles. The van der Waals surface area contributed by atoms with Gasteiger partial charge in [0.25, 0.3) is 0 Å². The molecule has 0 aromatic heterocycles. The summed E-state index contributed by atoms with van der Waals surface area (Å²) in [5.74, 6) is -2.03. The number of carboxylic acids is 1. The lowest BCUT2D eigenvalue weighted by atomic mass is 9.78. The number of hydrogen-bond acceptors (Lipinski definition) is 6. The van der Waals surface area contributed by atoms with Crippen LogP contribution in [0.3, 0.4) is 0 Å². The largest absolute Gasteiger partial charge is 0.481 e. The highest BCUT2D eigenvalue weighted by Gasteiger charge is 2.38. The van der Waals surface area contributed by atoms with Crippen molar-refractivity contribution in [1.82, 2.24) is 10.2 Å². The number of hydrogen-bond donors (Lipinski definition) is 4. The number of halogens is 1. The van der Waals surface area contributed by atoms with Crippen LogP contribution in [0.1, 0.15) is 62.8 Å². The van der Waals surface area contributed by atoms with Gasteiger partial charge in [-0.25, -0.2) is 4.39 Å². The summed E-state index contributed by atoms with van der Waals surface area (Å²) in [5, 5.41) is 25.4. The van der Waals surface area contributed by atoms with E-state index in [0.717, 1.165) is 25.9 Å². The highest BCUT2D eigenvalue weighted by atomic mass is 19.1. The fourth-order valence-electron chi connectivity index (χ4n) is 5.36. The minimum atomic E-state index is -0.840. The van der Waals surface area contributed by atoms with Gasteiger partial charge in [-0.05, 0) is 81.6 Å². The van der Waals surface area contributed by atoms with Gasteiger partial charge in [-0.2, -0.15) is 0 Å². The van der Waals surface area contributed by atoms with Gasteiger partial charge in [0.2, 0.25) is 11.8 Å². The van der Waals surface area contributed by atoms with Crippen molar-refractivity contribution in [3.63, 3.8) is 0 Å². The van der Waals surface area contributed by atoms with Crippen molar-refractivity contribution in [2.75, 3.05) is 25.0 Å². The maximum absolute atomic E-state index is 14.9. The van der Waals surface area contributed by atoms with Crippen LogP contribution in [0, 0.1) is 11.7 Å². The minimum Gasteiger partial charge on any atom is -0.481 e. The Morgan fingerprint density at radius 3 is 2.45 bits per heavy atom. The van der Waals surface area contributed by atoms with E-state index in [1.807, 2.05) is 0 Å². The van der Waals surface area contributed by atoms with Gasteiger partial charge in [-0.1, -0.05) is 6.07 Å². The molecule has 1 aliphatic carbocycles. The van der Waals surface area contributed by atoms with E-state index < -0.39 is 17.6 Å². The number of aliphatic hydroxyl groups is 1. The smallest absolute Gasteiger partial charge is 0.306 e. The van der Waals surface area contributed by atoms with E-state index in [-0.39, 0.29) is 35.9 Å². The number of piperidine rings is 2. The molecule has 1 saturated carbocycles. The predicted molar refractivity (Wildman–Crippen MR) is 119 cm³/mol. The van der Waals surface area contributed by atoms with E-state index in [4.69, 9.17) is 5.11 Å². The topological polar surface area (TPSA) is 119 Å². The molecule has 1 aromatic carbocycles.